The molecule has 0 atom stereocenters. The molecule has 0 bridgehead atoms. The minimum absolute atomic E-state index is 0.378. The quantitative estimate of drug-likeness (QED) is 0.576. The predicted molar refractivity (Wildman–Crippen MR) is 90.3 cm³/mol. The van der Waals surface area contributed by atoms with E-state index >= 15 is 0 Å². The van der Waals surface area contributed by atoms with E-state index in [2.05, 4.69) is 25.4 Å². The van der Waals surface area contributed by atoms with Crippen molar-refractivity contribution in [2.75, 3.05) is 0 Å². The van der Waals surface area contributed by atoms with E-state index in [1.807, 2.05) is 31.2 Å². The maximum atomic E-state index is 14.1. The van der Waals surface area contributed by atoms with Crippen LogP contribution in [0, 0.1) is 12.7 Å². The highest BCUT2D eigenvalue weighted by atomic mass is 19.1. The fourth-order valence-electron chi connectivity index (χ4n) is 2.42. The van der Waals surface area contributed by atoms with Gasteiger partial charge in [-0.25, -0.2) is 4.39 Å². The lowest BCUT2D eigenvalue weighted by atomic mass is 10.1. The second-order valence-corrected chi connectivity index (χ2v) is 5.50. The molecule has 0 fully saturated rings. The van der Waals surface area contributed by atoms with Gasteiger partial charge in [0.15, 0.2) is 0 Å². The van der Waals surface area contributed by atoms with Gasteiger partial charge in [0.25, 0.3) is 0 Å². The SMILES string of the molecule is Cc1ccc(-c2cc(F)cc(-n3nnc(-c4ccccn4)n3)c2)cn1. The van der Waals surface area contributed by atoms with Gasteiger partial charge >= 0.3 is 0 Å². The molecule has 6 nitrogen and oxygen atoms in total. The lowest BCUT2D eigenvalue weighted by Crippen LogP contribution is -2.00. The molecule has 0 aliphatic carbocycles. The van der Waals surface area contributed by atoms with Crippen molar-refractivity contribution in [1.82, 2.24) is 30.2 Å². The van der Waals surface area contributed by atoms with Crippen molar-refractivity contribution in [3.05, 3.63) is 72.4 Å². The van der Waals surface area contributed by atoms with Gasteiger partial charge in [0, 0.05) is 29.7 Å². The van der Waals surface area contributed by atoms with Crippen LogP contribution in [0.25, 0.3) is 28.3 Å². The van der Waals surface area contributed by atoms with Crippen LogP contribution in [0.2, 0.25) is 0 Å². The first-order chi connectivity index (χ1) is 12.2. The normalized spacial score (nSPS) is 10.8. The summed E-state index contributed by atoms with van der Waals surface area (Å²) in [6, 6.07) is 13.8. The molecule has 3 heterocycles. The highest BCUT2D eigenvalue weighted by Gasteiger charge is 2.11. The molecule has 0 aliphatic heterocycles. The average Bonchev–Trinajstić information content (AvgIpc) is 3.13. The van der Waals surface area contributed by atoms with Gasteiger partial charge in [0.1, 0.15) is 11.5 Å². The molecule has 0 spiro atoms. The summed E-state index contributed by atoms with van der Waals surface area (Å²) < 4.78 is 14.1. The van der Waals surface area contributed by atoms with Crippen molar-refractivity contribution < 1.29 is 4.39 Å². The van der Waals surface area contributed by atoms with Crippen LogP contribution in [0.5, 0.6) is 0 Å². The number of hydrogen-bond acceptors (Lipinski definition) is 5. The molecule has 25 heavy (non-hydrogen) atoms. The first-order valence-electron chi connectivity index (χ1n) is 7.64. The smallest absolute Gasteiger partial charge is 0.223 e. The van der Waals surface area contributed by atoms with Crippen LogP contribution >= 0.6 is 0 Å². The summed E-state index contributed by atoms with van der Waals surface area (Å²) in [6.07, 6.45) is 3.36. The maximum absolute atomic E-state index is 14.1. The predicted octanol–water partition coefficient (Wildman–Crippen LogP) is 3.23. The highest BCUT2D eigenvalue weighted by Crippen LogP contribution is 2.23. The van der Waals surface area contributed by atoms with Gasteiger partial charge in [-0.1, -0.05) is 12.1 Å². The molecule has 4 aromatic rings. The molecule has 0 saturated heterocycles. The van der Waals surface area contributed by atoms with Gasteiger partial charge < -0.3 is 0 Å². The number of aromatic nitrogens is 6. The van der Waals surface area contributed by atoms with E-state index in [1.54, 1.807) is 24.5 Å². The Morgan fingerprint density at radius 2 is 1.88 bits per heavy atom. The number of benzene rings is 1. The first-order valence-corrected chi connectivity index (χ1v) is 7.64. The monoisotopic (exact) mass is 332 g/mol. The van der Waals surface area contributed by atoms with Crippen LogP contribution in [0.1, 0.15) is 5.69 Å². The van der Waals surface area contributed by atoms with Crippen molar-refractivity contribution >= 4 is 0 Å². The lowest BCUT2D eigenvalue weighted by Gasteiger charge is -2.05. The van der Waals surface area contributed by atoms with Crippen LogP contribution in [-0.2, 0) is 0 Å². The zero-order valence-electron chi connectivity index (χ0n) is 13.3. The largest absolute Gasteiger partial charge is 0.261 e. The standard InChI is InChI=1S/C18H13FN6/c1-12-5-6-13(11-21-12)14-8-15(19)10-16(9-14)25-23-18(22-24-25)17-4-2-3-7-20-17/h2-11H,1H3. The van der Waals surface area contributed by atoms with E-state index in [9.17, 15) is 4.39 Å². The summed E-state index contributed by atoms with van der Waals surface area (Å²) in [5.41, 5.74) is 3.49. The van der Waals surface area contributed by atoms with Crippen LogP contribution in [0.4, 0.5) is 4.39 Å². The Morgan fingerprint density at radius 3 is 2.64 bits per heavy atom. The number of hydrogen-bond donors (Lipinski definition) is 0. The van der Waals surface area contributed by atoms with Crippen molar-refractivity contribution in [3.63, 3.8) is 0 Å². The molecule has 7 heteroatoms. The van der Waals surface area contributed by atoms with Gasteiger partial charge in [0.05, 0.1) is 5.69 Å². The number of halogens is 1. The van der Waals surface area contributed by atoms with E-state index in [0.29, 0.717) is 22.8 Å². The van der Waals surface area contributed by atoms with Crippen molar-refractivity contribution in [1.29, 1.82) is 0 Å². The van der Waals surface area contributed by atoms with Crippen molar-refractivity contribution in [2.24, 2.45) is 0 Å². The molecular formula is C18H13FN6. The molecule has 1 aromatic carbocycles. The zero-order valence-corrected chi connectivity index (χ0v) is 13.3. The minimum Gasteiger partial charge on any atom is -0.261 e. The van der Waals surface area contributed by atoms with Gasteiger partial charge in [0.2, 0.25) is 5.82 Å². The average molecular weight is 332 g/mol. The van der Waals surface area contributed by atoms with Crippen LogP contribution in [0.3, 0.4) is 0 Å². The number of nitrogens with zero attached hydrogens (tertiary/aromatic N) is 6. The second-order valence-electron chi connectivity index (χ2n) is 5.50. The number of pyridine rings is 2. The van der Waals surface area contributed by atoms with Crippen LogP contribution < -0.4 is 0 Å². The first kappa shape index (κ1) is 15.1. The highest BCUT2D eigenvalue weighted by molar-refractivity contribution is 5.65. The molecule has 0 saturated carbocycles. The molecule has 0 unspecified atom stereocenters. The maximum Gasteiger partial charge on any atom is 0.223 e. The lowest BCUT2D eigenvalue weighted by molar-refractivity contribution is 0.621. The van der Waals surface area contributed by atoms with E-state index < -0.39 is 0 Å². The summed E-state index contributed by atoms with van der Waals surface area (Å²) in [4.78, 5) is 9.73. The van der Waals surface area contributed by atoms with E-state index in [1.165, 1.54) is 16.9 Å². The Hall–Kier alpha value is -3.48. The summed E-state index contributed by atoms with van der Waals surface area (Å²) in [5.74, 6) is -0.00632. The Bertz CT molecular complexity index is 1010. The summed E-state index contributed by atoms with van der Waals surface area (Å²) >= 11 is 0. The van der Waals surface area contributed by atoms with Crippen LogP contribution in [0.15, 0.2) is 60.9 Å². The minimum atomic E-state index is -0.384. The van der Waals surface area contributed by atoms with Gasteiger partial charge in [-0.2, -0.15) is 0 Å². The number of tetrazole rings is 1. The number of aryl methyl sites for hydroxylation is 1. The third kappa shape index (κ3) is 3.12. The Morgan fingerprint density at radius 1 is 0.960 bits per heavy atom. The fraction of sp³-hybridized carbons (Fsp3) is 0.0556. The molecule has 0 amide bonds. The Kier molecular flexibility index (Phi) is 3.74. The fourth-order valence-corrected chi connectivity index (χ4v) is 2.42. The van der Waals surface area contributed by atoms with Crippen molar-refractivity contribution in [3.8, 4) is 28.3 Å². The van der Waals surface area contributed by atoms with Crippen molar-refractivity contribution in [2.45, 2.75) is 6.92 Å². The van der Waals surface area contributed by atoms with Gasteiger partial charge in [-0.3, -0.25) is 9.97 Å². The topological polar surface area (TPSA) is 69.4 Å². The molecule has 3 aromatic heterocycles. The molecule has 122 valence electrons. The molecule has 0 N–H and O–H groups in total. The van der Waals surface area contributed by atoms with E-state index in [0.717, 1.165) is 11.3 Å². The Labute approximate surface area is 143 Å². The number of rotatable bonds is 3. The molecule has 0 radical (unpaired) electrons. The van der Waals surface area contributed by atoms with E-state index in [-0.39, 0.29) is 5.82 Å². The zero-order chi connectivity index (χ0) is 17.2. The van der Waals surface area contributed by atoms with Gasteiger partial charge in [-0.05, 0) is 48.0 Å². The third-order valence-corrected chi connectivity index (χ3v) is 3.67. The Balaban J connectivity index is 1.74. The molecule has 4 rings (SSSR count). The van der Waals surface area contributed by atoms with E-state index in [4.69, 9.17) is 0 Å². The van der Waals surface area contributed by atoms with Crippen LogP contribution in [-0.4, -0.2) is 30.2 Å². The summed E-state index contributed by atoms with van der Waals surface area (Å²) in [7, 11) is 0. The molecular weight excluding hydrogens is 319 g/mol. The second kappa shape index (κ2) is 6.20. The third-order valence-electron chi connectivity index (χ3n) is 3.67. The molecule has 0 aliphatic rings. The summed E-state index contributed by atoms with van der Waals surface area (Å²) in [6.45, 7) is 1.90. The summed E-state index contributed by atoms with van der Waals surface area (Å²) in [5, 5.41) is 12.3. The van der Waals surface area contributed by atoms with Gasteiger partial charge in [-0.15, -0.1) is 15.0 Å².